The molecule has 0 bridgehead atoms. The summed E-state index contributed by atoms with van der Waals surface area (Å²) in [4.78, 5) is 2.32. The molecule has 18 heavy (non-hydrogen) atoms. The van der Waals surface area contributed by atoms with Gasteiger partial charge in [-0.05, 0) is 32.4 Å². The van der Waals surface area contributed by atoms with E-state index in [1.807, 2.05) is 18.2 Å². The summed E-state index contributed by atoms with van der Waals surface area (Å²) in [7, 11) is 2.13. The smallest absolute Gasteiger partial charge is 0.109 e. The number of nitrogens with zero attached hydrogens (tertiary/aromatic N) is 2. The molecule has 0 amide bonds. The number of likely N-dealkylation sites (tertiary alicyclic amines) is 1. The summed E-state index contributed by atoms with van der Waals surface area (Å²) < 4.78 is 0. The molecule has 2 unspecified atom stereocenters. The Bertz CT molecular complexity index is 423. The van der Waals surface area contributed by atoms with Crippen LogP contribution in [0.25, 0.3) is 0 Å². The van der Waals surface area contributed by atoms with Gasteiger partial charge in [0.15, 0.2) is 0 Å². The zero-order chi connectivity index (χ0) is 13.0. The first kappa shape index (κ1) is 13.1. The zero-order valence-corrected chi connectivity index (χ0v) is 11.2. The highest BCUT2D eigenvalue weighted by Gasteiger charge is 2.36. The maximum Gasteiger partial charge on any atom is 0.109 e. The van der Waals surface area contributed by atoms with Gasteiger partial charge in [0, 0.05) is 19.1 Å². The molecular weight excluding hydrogens is 222 g/mol. The van der Waals surface area contributed by atoms with Crippen molar-refractivity contribution in [1.82, 2.24) is 10.2 Å². The standard InChI is InChI=1S/C15H21N3/c1-13-10-15(12-16,8-9-18(13)2)17-11-14-6-4-3-5-7-14/h3-7,13,17H,8-11H2,1-2H3. The van der Waals surface area contributed by atoms with Crippen molar-refractivity contribution in [2.45, 2.75) is 37.9 Å². The second kappa shape index (κ2) is 5.51. The minimum Gasteiger partial charge on any atom is -0.303 e. The van der Waals surface area contributed by atoms with Gasteiger partial charge in [0.1, 0.15) is 5.54 Å². The largest absolute Gasteiger partial charge is 0.303 e. The lowest BCUT2D eigenvalue weighted by Gasteiger charge is -2.40. The molecule has 2 atom stereocenters. The van der Waals surface area contributed by atoms with Gasteiger partial charge in [-0.25, -0.2) is 0 Å². The molecule has 1 aromatic rings. The Morgan fingerprint density at radius 1 is 1.44 bits per heavy atom. The van der Waals surface area contributed by atoms with Crippen LogP contribution in [0.15, 0.2) is 30.3 Å². The van der Waals surface area contributed by atoms with Gasteiger partial charge in [0.25, 0.3) is 0 Å². The molecule has 1 fully saturated rings. The number of nitriles is 1. The summed E-state index contributed by atoms with van der Waals surface area (Å²) in [5.41, 5.74) is 0.876. The molecule has 1 aliphatic rings. The molecule has 1 aromatic carbocycles. The SMILES string of the molecule is CC1CC(C#N)(NCc2ccccc2)CCN1C. The van der Waals surface area contributed by atoms with E-state index in [0.717, 1.165) is 25.9 Å². The predicted molar refractivity (Wildman–Crippen MR) is 73.0 cm³/mol. The summed E-state index contributed by atoms with van der Waals surface area (Å²) in [6, 6.07) is 13.2. The lowest BCUT2D eigenvalue weighted by Crippen LogP contribution is -2.54. The van der Waals surface area contributed by atoms with Crippen LogP contribution < -0.4 is 5.32 Å². The Kier molecular flexibility index (Phi) is 4.00. The van der Waals surface area contributed by atoms with Crippen molar-refractivity contribution < 1.29 is 0 Å². The summed E-state index contributed by atoms with van der Waals surface area (Å²) in [5, 5.41) is 13.0. The molecule has 0 saturated carbocycles. The summed E-state index contributed by atoms with van der Waals surface area (Å²) in [5.74, 6) is 0. The van der Waals surface area contributed by atoms with Crippen molar-refractivity contribution in [3.05, 3.63) is 35.9 Å². The molecule has 3 nitrogen and oxygen atoms in total. The highest BCUT2D eigenvalue weighted by molar-refractivity contribution is 5.17. The lowest BCUT2D eigenvalue weighted by atomic mass is 9.85. The quantitative estimate of drug-likeness (QED) is 0.884. The Morgan fingerprint density at radius 3 is 2.78 bits per heavy atom. The van der Waals surface area contributed by atoms with Crippen LogP contribution in [0, 0.1) is 11.3 Å². The number of hydrogen-bond donors (Lipinski definition) is 1. The summed E-state index contributed by atoms with van der Waals surface area (Å²) >= 11 is 0. The van der Waals surface area contributed by atoms with Gasteiger partial charge < -0.3 is 4.90 Å². The first-order valence-electron chi connectivity index (χ1n) is 6.56. The van der Waals surface area contributed by atoms with E-state index in [2.05, 4.69) is 42.4 Å². The van der Waals surface area contributed by atoms with E-state index in [1.54, 1.807) is 0 Å². The number of benzene rings is 1. The maximum absolute atomic E-state index is 9.49. The highest BCUT2D eigenvalue weighted by atomic mass is 15.2. The Balaban J connectivity index is 2.00. The van der Waals surface area contributed by atoms with Crippen LogP contribution in [0.3, 0.4) is 0 Å². The topological polar surface area (TPSA) is 39.1 Å². The molecule has 0 spiro atoms. The van der Waals surface area contributed by atoms with Crippen LogP contribution in [0.1, 0.15) is 25.3 Å². The van der Waals surface area contributed by atoms with Crippen molar-refractivity contribution in [3.8, 4) is 6.07 Å². The van der Waals surface area contributed by atoms with Gasteiger partial charge in [-0.2, -0.15) is 5.26 Å². The fourth-order valence-electron chi connectivity index (χ4n) is 2.52. The average molecular weight is 243 g/mol. The Hall–Kier alpha value is -1.37. The first-order chi connectivity index (χ1) is 8.65. The van der Waals surface area contributed by atoms with Gasteiger partial charge in [-0.1, -0.05) is 30.3 Å². The van der Waals surface area contributed by atoms with Crippen LogP contribution in [0.4, 0.5) is 0 Å². The van der Waals surface area contributed by atoms with Gasteiger partial charge >= 0.3 is 0 Å². The van der Waals surface area contributed by atoms with E-state index >= 15 is 0 Å². The zero-order valence-electron chi connectivity index (χ0n) is 11.2. The number of nitrogens with one attached hydrogen (secondary N) is 1. The molecule has 1 N–H and O–H groups in total. The summed E-state index contributed by atoms with van der Waals surface area (Å²) in [6.45, 7) is 3.94. The summed E-state index contributed by atoms with van der Waals surface area (Å²) in [6.07, 6.45) is 1.80. The molecule has 0 aliphatic carbocycles. The minimum absolute atomic E-state index is 0.359. The van der Waals surface area contributed by atoms with Crippen LogP contribution >= 0.6 is 0 Å². The third-order valence-electron chi connectivity index (χ3n) is 3.98. The third kappa shape index (κ3) is 2.90. The van der Waals surface area contributed by atoms with E-state index in [4.69, 9.17) is 0 Å². The predicted octanol–water partition coefficient (Wildman–Crippen LogP) is 2.15. The Labute approximate surface area is 109 Å². The van der Waals surface area contributed by atoms with Crippen LogP contribution in [-0.4, -0.2) is 30.1 Å². The van der Waals surface area contributed by atoms with E-state index in [-0.39, 0.29) is 5.54 Å². The maximum atomic E-state index is 9.49. The normalized spacial score (nSPS) is 28.8. The van der Waals surface area contributed by atoms with Crippen molar-refractivity contribution in [2.24, 2.45) is 0 Å². The van der Waals surface area contributed by atoms with Crippen LogP contribution in [-0.2, 0) is 6.54 Å². The molecule has 0 radical (unpaired) electrons. The molecule has 96 valence electrons. The second-order valence-electron chi connectivity index (χ2n) is 5.32. The highest BCUT2D eigenvalue weighted by Crippen LogP contribution is 2.25. The fourth-order valence-corrected chi connectivity index (χ4v) is 2.52. The van der Waals surface area contributed by atoms with Crippen molar-refractivity contribution in [1.29, 1.82) is 5.26 Å². The monoisotopic (exact) mass is 243 g/mol. The lowest BCUT2D eigenvalue weighted by molar-refractivity contribution is 0.137. The van der Waals surface area contributed by atoms with Gasteiger partial charge in [0.05, 0.1) is 6.07 Å². The van der Waals surface area contributed by atoms with Crippen molar-refractivity contribution >= 4 is 0 Å². The van der Waals surface area contributed by atoms with Gasteiger partial charge in [0.2, 0.25) is 0 Å². The number of rotatable bonds is 3. The average Bonchev–Trinajstić information content (AvgIpc) is 2.42. The van der Waals surface area contributed by atoms with Crippen molar-refractivity contribution in [2.75, 3.05) is 13.6 Å². The molecular formula is C15H21N3. The van der Waals surface area contributed by atoms with Crippen LogP contribution in [0.5, 0.6) is 0 Å². The van der Waals surface area contributed by atoms with Crippen molar-refractivity contribution in [3.63, 3.8) is 0 Å². The van der Waals surface area contributed by atoms with E-state index < -0.39 is 0 Å². The first-order valence-corrected chi connectivity index (χ1v) is 6.56. The van der Waals surface area contributed by atoms with E-state index in [9.17, 15) is 5.26 Å². The van der Waals surface area contributed by atoms with Gasteiger partial charge in [-0.3, -0.25) is 5.32 Å². The molecule has 3 heteroatoms. The molecule has 1 saturated heterocycles. The molecule has 1 heterocycles. The Morgan fingerprint density at radius 2 is 2.17 bits per heavy atom. The fraction of sp³-hybridized carbons (Fsp3) is 0.533. The second-order valence-corrected chi connectivity index (χ2v) is 5.32. The van der Waals surface area contributed by atoms with Gasteiger partial charge in [-0.15, -0.1) is 0 Å². The number of piperidine rings is 1. The number of hydrogen-bond acceptors (Lipinski definition) is 3. The molecule has 2 rings (SSSR count). The van der Waals surface area contributed by atoms with E-state index in [0.29, 0.717) is 6.04 Å². The molecule has 0 aromatic heterocycles. The van der Waals surface area contributed by atoms with E-state index in [1.165, 1.54) is 5.56 Å². The van der Waals surface area contributed by atoms with Crippen LogP contribution in [0.2, 0.25) is 0 Å². The molecule has 1 aliphatic heterocycles. The minimum atomic E-state index is -0.359. The third-order valence-corrected chi connectivity index (χ3v) is 3.98.